The summed E-state index contributed by atoms with van der Waals surface area (Å²) in [4.78, 5) is 41.9. The van der Waals surface area contributed by atoms with Crippen LogP contribution in [0.1, 0.15) is 34.1 Å². The van der Waals surface area contributed by atoms with Gasteiger partial charge in [0.2, 0.25) is 5.91 Å². The summed E-state index contributed by atoms with van der Waals surface area (Å²) in [7, 11) is 3.99. The van der Waals surface area contributed by atoms with Gasteiger partial charge >= 0.3 is 0 Å². The van der Waals surface area contributed by atoms with Crippen LogP contribution in [0.4, 0.5) is 0 Å². The average molecular weight is 360 g/mol. The van der Waals surface area contributed by atoms with E-state index in [-0.39, 0.29) is 17.7 Å². The van der Waals surface area contributed by atoms with Gasteiger partial charge in [-0.1, -0.05) is 6.07 Å². The van der Waals surface area contributed by atoms with E-state index >= 15 is 0 Å². The molecule has 0 unspecified atom stereocenters. The Bertz CT molecular complexity index is 652. The number of carbonyl (C=O) groups is 3. The molecule has 2 rings (SSSR count). The van der Waals surface area contributed by atoms with Gasteiger partial charge in [-0.05, 0) is 45.3 Å². The minimum Gasteiger partial charge on any atom is -0.352 e. The summed E-state index contributed by atoms with van der Waals surface area (Å²) in [5.74, 6) is -0.236. The second-order valence-corrected chi connectivity index (χ2v) is 6.79. The van der Waals surface area contributed by atoms with E-state index in [1.54, 1.807) is 34.1 Å². The molecule has 142 valence electrons. The molecule has 26 heavy (non-hydrogen) atoms. The highest BCUT2D eigenvalue weighted by molar-refractivity contribution is 5.99. The predicted octanol–water partition coefficient (Wildman–Crippen LogP) is 0.672. The van der Waals surface area contributed by atoms with Gasteiger partial charge in [-0.15, -0.1) is 0 Å². The van der Waals surface area contributed by atoms with Gasteiger partial charge in [0.15, 0.2) is 0 Å². The Morgan fingerprint density at radius 3 is 2.27 bits per heavy atom. The topological polar surface area (TPSA) is 73.0 Å². The zero-order valence-electron chi connectivity index (χ0n) is 15.8. The minimum atomic E-state index is -0.167. The highest BCUT2D eigenvalue weighted by atomic mass is 16.2. The van der Waals surface area contributed by atoms with Crippen LogP contribution in [0.3, 0.4) is 0 Å². The molecule has 0 atom stereocenters. The first kappa shape index (κ1) is 19.9. The Morgan fingerprint density at radius 1 is 1.04 bits per heavy atom. The summed E-state index contributed by atoms with van der Waals surface area (Å²) in [6, 6.07) is 6.81. The maximum Gasteiger partial charge on any atom is 0.253 e. The van der Waals surface area contributed by atoms with E-state index in [0.717, 1.165) is 13.0 Å². The maximum atomic E-state index is 12.7. The Kier molecular flexibility index (Phi) is 7.15. The molecule has 0 aromatic heterocycles. The SMILES string of the molecule is CC(=O)N1CCN(C(=O)c2cccc(C(=O)NCCCN(C)C)c2)CC1. The molecular formula is C19H28N4O3. The van der Waals surface area contributed by atoms with Crippen LogP contribution in [0.5, 0.6) is 0 Å². The van der Waals surface area contributed by atoms with Crippen LogP contribution in [0.2, 0.25) is 0 Å². The van der Waals surface area contributed by atoms with E-state index in [4.69, 9.17) is 0 Å². The number of piperazine rings is 1. The van der Waals surface area contributed by atoms with Crippen LogP contribution in [-0.4, -0.2) is 85.8 Å². The fourth-order valence-corrected chi connectivity index (χ4v) is 2.90. The first-order valence-corrected chi connectivity index (χ1v) is 8.96. The van der Waals surface area contributed by atoms with Crippen molar-refractivity contribution in [2.24, 2.45) is 0 Å². The molecule has 7 nitrogen and oxygen atoms in total. The van der Waals surface area contributed by atoms with E-state index in [9.17, 15) is 14.4 Å². The molecule has 0 saturated carbocycles. The summed E-state index contributed by atoms with van der Waals surface area (Å²) in [6.45, 7) is 5.17. The molecule has 0 spiro atoms. The number of hydrogen-bond acceptors (Lipinski definition) is 4. The number of benzene rings is 1. The number of amides is 3. The van der Waals surface area contributed by atoms with Crippen molar-refractivity contribution >= 4 is 17.7 Å². The zero-order chi connectivity index (χ0) is 19.1. The summed E-state index contributed by atoms with van der Waals surface area (Å²) in [5.41, 5.74) is 0.991. The van der Waals surface area contributed by atoms with E-state index in [2.05, 4.69) is 10.2 Å². The zero-order valence-corrected chi connectivity index (χ0v) is 15.8. The summed E-state index contributed by atoms with van der Waals surface area (Å²) in [6.07, 6.45) is 0.873. The first-order chi connectivity index (χ1) is 12.4. The van der Waals surface area contributed by atoms with Crippen LogP contribution in [0, 0.1) is 0 Å². The minimum absolute atomic E-state index is 0.0324. The lowest BCUT2D eigenvalue weighted by Gasteiger charge is -2.34. The second-order valence-electron chi connectivity index (χ2n) is 6.79. The van der Waals surface area contributed by atoms with Crippen LogP contribution in [-0.2, 0) is 4.79 Å². The van der Waals surface area contributed by atoms with Crippen molar-refractivity contribution in [3.05, 3.63) is 35.4 Å². The highest BCUT2D eigenvalue weighted by Crippen LogP contribution is 2.11. The van der Waals surface area contributed by atoms with Crippen LogP contribution in [0.25, 0.3) is 0 Å². The van der Waals surface area contributed by atoms with Crippen LogP contribution >= 0.6 is 0 Å². The normalized spacial score (nSPS) is 14.5. The lowest BCUT2D eigenvalue weighted by molar-refractivity contribution is -0.130. The highest BCUT2D eigenvalue weighted by Gasteiger charge is 2.23. The number of nitrogens with zero attached hydrogens (tertiary/aromatic N) is 3. The summed E-state index contributed by atoms with van der Waals surface area (Å²) < 4.78 is 0. The largest absolute Gasteiger partial charge is 0.352 e. The average Bonchev–Trinajstić information content (AvgIpc) is 2.64. The molecule has 1 saturated heterocycles. The van der Waals surface area contributed by atoms with Crippen molar-refractivity contribution in [1.82, 2.24) is 20.0 Å². The van der Waals surface area contributed by atoms with Gasteiger partial charge in [-0.25, -0.2) is 0 Å². The number of rotatable bonds is 6. The first-order valence-electron chi connectivity index (χ1n) is 8.96. The van der Waals surface area contributed by atoms with Gasteiger partial charge < -0.3 is 20.0 Å². The van der Waals surface area contributed by atoms with Crippen molar-refractivity contribution in [3.63, 3.8) is 0 Å². The van der Waals surface area contributed by atoms with E-state index in [1.165, 1.54) is 6.92 Å². The summed E-state index contributed by atoms with van der Waals surface area (Å²) >= 11 is 0. The fraction of sp³-hybridized carbons (Fsp3) is 0.526. The van der Waals surface area contributed by atoms with Crippen molar-refractivity contribution in [2.75, 3.05) is 53.4 Å². The molecular weight excluding hydrogens is 332 g/mol. The molecule has 0 bridgehead atoms. The Labute approximate surface area is 154 Å². The fourth-order valence-electron chi connectivity index (χ4n) is 2.90. The standard InChI is InChI=1S/C19H28N4O3/c1-15(24)22-10-12-23(13-11-22)19(26)17-7-4-6-16(14-17)18(25)20-8-5-9-21(2)3/h4,6-7,14H,5,8-13H2,1-3H3,(H,20,25). The van der Waals surface area contributed by atoms with Gasteiger partial charge in [0.25, 0.3) is 11.8 Å². The third-order valence-electron chi connectivity index (χ3n) is 4.45. The lowest BCUT2D eigenvalue weighted by Crippen LogP contribution is -2.50. The maximum absolute atomic E-state index is 12.7. The molecule has 0 radical (unpaired) electrons. The third kappa shape index (κ3) is 5.56. The number of carbonyl (C=O) groups excluding carboxylic acids is 3. The lowest BCUT2D eigenvalue weighted by atomic mass is 10.1. The van der Waals surface area contributed by atoms with Crippen molar-refractivity contribution in [3.8, 4) is 0 Å². The van der Waals surface area contributed by atoms with E-state index in [0.29, 0.717) is 43.9 Å². The van der Waals surface area contributed by atoms with Crippen molar-refractivity contribution in [1.29, 1.82) is 0 Å². The smallest absolute Gasteiger partial charge is 0.253 e. The molecule has 1 aromatic carbocycles. The molecule has 1 aromatic rings. The predicted molar refractivity (Wildman–Crippen MR) is 100 cm³/mol. The molecule has 7 heteroatoms. The number of hydrogen-bond donors (Lipinski definition) is 1. The molecule has 1 aliphatic rings. The van der Waals surface area contributed by atoms with Crippen LogP contribution < -0.4 is 5.32 Å². The van der Waals surface area contributed by atoms with E-state index < -0.39 is 0 Å². The van der Waals surface area contributed by atoms with Gasteiger partial charge in [0, 0.05) is 50.8 Å². The molecule has 1 heterocycles. The van der Waals surface area contributed by atoms with Gasteiger partial charge in [0.05, 0.1) is 0 Å². The van der Waals surface area contributed by atoms with E-state index in [1.807, 2.05) is 14.1 Å². The quantitative estimate of drug-likeness (QED) is 0.757. The van der Waals surface area contributed by atoms with Crippen molar-refractivity contribution < 1.29 is 14.4 Å². The van der Waals surface area contributed by atoms with Crippen LogP contribution in [0.15, 0.2) is 24.3 Å². The molecule has 1 fully saturated rings. The molecule has 1 aliphatic heterocycles. The Hall–Kier alpha value is -2.41. The Balaban J connectivity index is 1.92. The number of nitrogens with one attached hydrogen (secondary N) is 1. The monoisotopic (exact) mass is 360 g/mol. The summed E-state index contributed by atoms with van der Waals surface area (Å²) in [5, 5.41) is 2.88. The van der Waals surface area contributed by atoms with Gasteiger partial charge in [0.1, 0.15) is 0 Å². The Morgan fingerprint density at radius 2 is 1.65 bits per heavy atom. The molecule has 3 amide bonds. The second kappa shape index (κ2) is 9.33. The third-order valence-corrected chi connectivity index (χ3v) is 4.45. The molecule has 1 N–H and O–H groups in total. The molecule has 0 aliphatic carbocycles. The van der Waals surface area contributed by atoms with Gasteiger partial charge in [-0.2, -0.15) is 0 Å². The van der Waals surface area contributed by atoms with Crippen molar-refractivity contribution in [2.45, 2.75) is 13.3 Å². The van der Waals surface area contributed by atoms with Gasteiger partial charge in [-0.3, -0.25) is 14.4 Å².